The lowest BCUT2D eigenvalue weighted by Gasteiger charge is -2.43. The third kappa shape index (κ3) is 4.79. The predicted octanol–water partition coefficient (Wildman–Crippen LogP) is 4.81. The van der Waals surface area contributed by atoms with Crippen LogP contribution in [0.4, 0.5) is 10.1 Å². The lowest BCUT2D eigenvalue weighted by molar-refractivity contribution is -0.152. The zero-order valence-corrected chi connectivity index (χ0v) is 22.8. The van der Waals surface area contributed by atoms with Gasteiger partial charge in [0.15, 0.2) is 5.78 Å². The highest BCUT2D eigenvalue weighted by molar-refractivity contribution is 7.10. The maximum absolute atomic E-state index is 14.6. The minimum absolute atomic E-state index is 0.0449. The second-order valence-corrected chi connectivity index (χ2v) is 10.3. The van der Waals surface area contributed by atoms with Gasteiger partial charge in [-0.2, -0.15) is 0 Å². The zero-order chi connectivity index (χ0) is 28.4. The number of allylic oxidation sites excluding steroid dienone is 2. The van der Waals surface area contributed by atoms with Crippen LogP contribution in [0.25, 0.3) is 0 Å². The molecule has 0 unspecified atom stereocenters. The number of carbonyl (C=O) groups excluding carboxylic acids is 3. The number of anilines is 1. The molecule has 0 saturated heterocycles. The Morgan fingerprint density at radius 2 is 1.85 bits per heavy atom. The quantitative estimate of drug-likeness (QED) is 0.323. The first-order valence-corrected chi connectivity index (χ1v) is 13.8. The van der Waals surface area contributed by atoms with E-state index in [4.69, 9.17) is 15.2 Å². The van der Waals surface area contributed by atoms with Crippen molar-refractivity contribution in [2.75, 3.05) is 18.1 Å². The van der Waals surface area contributed by atoms with E-state index in [1.807, 2.05) is 17.5 Å². The van der Waals surface area contributed by atoms with Crippen molar-refractivity contribution >= 4 is 34.7 Å². The number of esters is 2. The number of pyridine rings is 1. The molecule has 0 amide bonds. The van der Waals surface area contributed by atoms with Gasteiger partial charge in [0.1, 0.15) is 17.6 Å². The minimum Gasteiger partial charge on any atom is -0.465 e. The minimum atomic E-state index is -1.13. The summed E-state index contributed by atoms with van der Waals surface area (Å²) >= 11 is 1.44. The van der Waals surface area contributed by atoms with Crippen molar-refractivity contribution in [3.05, 3.63) is 105 Å². The first-order valence-electron chi connectivity index (χ1n) is 13.0. The molecule has 3 atom stereocenters. The van der Waals surface area contributed by atoms with Gasteiger partial charge in [0.2, 0.25) is 0 Å². The Morgan fingerprint density at radius 3 is 2.48 bits per heavy atom. The van der Waals surface area contributed by atoms with Gasteiger partial charge in [0, 0.05) is 40.1 Å². The van der Waals surface area contributed by atoms with E-state index in [0.29, 0.717) is 16.9 Å². The number of carbonyl (C=O) groups is 3. The van der Waals surface area contributed by atoms with Crippen LogP contribution in [-0.2, 0) is 23.9 Å². The van der Waals surface area contributed by atoms with Crippen molar-refractivity contribution in [1.82, 2.24) is 4.98 Å². The molecule has 1 aliphatic carbocycles. The van der Waals surface area contributed by atoms with Crippen molar-refractivity contribution < 1.29 is 28.2 Å². The zero-order valence-electron chi connectivity index (χ0n) is 22.0. The van der Waals surface area contributed by atoms with Crippen LogP contribution < -0.4 is 10.6 Å². The first-order chi connectivity index (χ1) is 19.4. The van der Waals surface area contributed by atoms with Crippen LogP contribution in [0.3, 0.4) is 0 Å². The summed E-state index contributed by atoms with van der Waals surface area (Å²) in [5.41, 5.74) is 8.58. The molecule has 2 N–H and O–H groups in total. The van der Waals surface area contributed by atoms with Crippen LogP contribution in [0, 0.1) is 11.7 Å². The first kappa shape index (κ1) is 27.3. The van der Waals surface area contributed by atoms with Crippen molar-refractivity contribution in [3.63, 3.8) is 0 Å². The van der Waals surface area contributed by atoms with E-state index in [9.17, 15) is 18.8 Å². The summed E-state index contributed by atoms with van der Waals surface area (Å²) in [7, 11) is 0. The van der Waals surface area contributed by atoms with Crippen molar-refractivity contribution in [1.29, 1.82) is 0 Å². The Morgan fingerprint density at radius 1 is 1.10 bits per heavy atom. The Hall–Kier alpha value is -4.31. The van der Waals surface area contributed by atoms with Crippen LogP contribution in [0.15, 0.2) is 89.0 Å². The monoisotopic (exact) mass is 561 g/mol. The fourth-order valence-electron chi connectivity index (χ4n) is 5.47. The fourth-order valence-corrected chi connectivity index (χ4v) is 6.34. The lowest BCUT2D eigenvalue weighted by atomic mass is 9.68. The predicted molar refractivity (Wildman–Crippen MR) is 148 cm³/mol. The number of thiophene rings is 1. The molecule has 3 heterocycles. The van der Waals surface area contributed by atoms with Gasteiger partial charge in [-0.05, 0) is 67.6 Å². The average Bonchev–Trinajstić information content (AvgIpc) is 3.49. The molecule has 0 fully saturated rings. The molecule has 2 aromatic heterocycles. The maximum atomic E-state index is 14.6. The van der Waals surface area contributed by atoms with E-state index in [2.05, 4.69) is 4.98 Å². The van der Waals surface area contributed by atoms with Gasteiger partial charge < -0.3 is 15.2 Å². The van der Waals surface area contributed by atoms with Gasteiger partial charge in [-0.15, -0.1) is 11.3 Å². The number of rotatable bonds is 7. The van der Waals surface area contributed by atoms with Crippen LogP contribution in [0.1, 0.15) is 42.5 Å². The van der Waals surface area contributed by atoms with Gasteiger partial charge in [-0.1, -0.05) is 12.1 Å². The summed E-state index contributed by atoms with van der Waals surface area (Å²) in [6.07, 6.45) is 3.39. The molecule has 1 aliphatic heterocycles. The largest absolute Gasteiger partial charge is 0.465 e. The molecule has 1 aromatic carbocycles. The highest BCUT2D eigenvalue weighted by Gasteiger charge is 2.51. The Bertz CT molecular complexity index is 1490. The van der Waals surface area contributed by atoms with Gasteiger partial charge >= 0.3 is 11.9 Å². The van der Waals surface area contributed by atoms with Crippen LogP contribution in [-0.4, -0.2) is 35.9 Å². The number of Topliss-reactive ketones (excluding diaryl/α,β-unsaturated/α-hetero) is 1. The lowest BCUT2D eigenvalue weighted by Crippen LogP contribution is -2.46. The summed E-state index contributed by atoms with van der Waals surface area (Å²) in [6.45, 7) is 3.55. The van der Waals surface area contributed by atoms with Crippen LogP contribution >= 0.6 is 11.3 Å². The molecular formula is C30H28FN3O5S. The molecule has 40 heavy (non-hydrogen) atoms. The number of hydrogen-bond acceptors (Lipinski definition) is 9. The normalized spacial score (nSPS) is 20.8. The number of ketones is 1. The van der Waals surface area contributed by atoms with Gasteiger partial charge in [0.25, 0.3) is 0 Å². The highest BCUT2D eigenvalue weighted by Crippen LogP contribution is 2.52. The Labute approximate surface area is 234 Å². The van der Waals surface area contributed by atoms with Crippen molar-refractivity contribution in [3.8, 4) is 0 Å². The van der Waals surface area contributed by atoms with Gasteiger partial charge in [-0.3, -0.25) is 19.5 Å². The second kappa shape index (κ2) is 11.4. The van der Waals surface area contributed by atoms with E-state index in [1.165, 1.54) is 35.6 Å². The molecular weight excluding hydrogens is 533 g/mol. The molecule has 0 saturated carbocycles. The topological polar surface area (TPSA) is 112 Å². The molecule has 206 valence electrons. The molecule has 5 rings (SSSR count). The number of nitrogens with zero attached hydrogens (tertiary/aromatic N) is 2. The van der Waals surface area contributed by atoms with Crippen molar-refractivity contribution in [2.24, 2.45) is 11.7 Å². The fraction of sp³-hybridized carbons (Fsp3) is 0.267. The molecule has 2 aliphatic rings. The van der Waals surface area contributed by atoms with Crippen LogP contribution in [0.5, 0.6) is 0 Å². The molecule has 0 spiro atoms. The summed E-state index contributed by atoms with van der Waals surface area (Å²) in [4.78, 5) is 48.0. The highest BCUT2D eigenvalue weighted by atomic mass is 32.1. The van der Waals surface area contributed by atoms with E-state index in [0.717, 1.165) is 4.88 Å². The van der Waals surface area contributed by atoms with Gasteiger partial charge in [0.05, 0.1) is 24.7 Å². The van der Waals surface area contributed by atoms with E-state index < -0.39 is 41.3 Å². The Kier molecular flexibility index (Phi) is 7.79. The summed E-state index contributed by atoms with van der Waals surface area (Å²) < 4.78 is 24.7. The number of benzene rings is 1. The SMILES string of the molecule is CCOC(=O)C1=C(N)N(c2ccc(F)cc2)C2=C(C(=O)[C@H](C(=O)OCC)[C@@H](c3cccs3)C2)[C@@H]1c1cccnc1. The smallest absolute Gasteiger partial charge is 0.338 e. The number of ether oxygens (including phenoxy) is 2. The summed E-state index contributed by atoms with van der Waals surface area (Å²) in [5.74, 6) is -4.78. The Balaban J connectivity index is 1.80. The van der Waals surface area contributed by atoms with E-state index in [-0.39, 0.29) is 36.6 Å². The maximum Gasteiger partial charge on any atom is 0.338 e. The van der Waals surface area contributed by atoms with Crippen LogP contribution in [0.2, 0.25) is 0 Å². The second-order valence-electron chi connectivity index (χ2n) is 9.33. The number of halogens is 1. The summed E-state index contributed by atoms with van der Waals surface area (Å²) in [5, 5.41) is 1.89. The standard InChI is InChI=1S/C30H28FN3O5S/c1-3-38-29(36)24-20(22-8-6-14-40-22)15-21-25(27(24)35)23(17-7-5-13-33-16-17)26(30(37)39-4-2)28(32)34(21)19-11-9-18(31)10-12-19/h5-14,16,20,23-24H,3-4,15,32H2,1-2H3/t20-,23+,24-/m1/s1. The molecule has 0 bridgehead atoms. The van der Waals surface area contributed by atoms with E-state index >= 15 is 0 Å². The molecule has 8 nitrogen and oxygen atoms in total. The molecule has 10 heteroatoms. The molecule has 0 radical (unpaired) electrons. The van der Waals surface area contributed by atoms with E-state index in [1.54, 1.807) is 43.3 Å². The average molecular weight is 562 g/mol. The summed E-state index contributed by atoms with van der Waals surface area (Å²) in [6, 6.07) is 12.8. The molecule has 3 aromatic rings. The van der Waals surface area contributed by atoms with Gasteiger partial charge in [-0.25, -0.2) is 9.18 Å². The number of aromatic nitrogens is 1. The third-order valence-corrected chi connectivity index (χ3v) is 8.09. The number of hydrogen-bond donors (Lipinski definition) is 1. The van der Waals surface area contributed by atoms with Crippen molar-refractivity contribution in [2.45, 2.75) is 32.1 Å². The third-order valence-electron chi connectivity index (χ3n) is 7.09. The number of nitrogens with two attached hydrogens (primary N) is 1.